The largest absolute Gasteiger partial charge is 0.346 e. The van der Waals surface area contributed by atoms with E-state index in [1.54, 1.807) is 24.3 Å². The van der Waals surface area contributed by atoms with Crippen molar-refractivity contribution < 1.29 is 4.79 Å². The first-order chi connectivity index (χ1) is 11.7. The van der Waals surface area contributed by atoms with Gasteiger partial charge in [0.2, 0.25) is 0 Å². The van der Waals surface area contributed by atoms with E-state index in [2.05, 4.69) is 33.0 Å². The molecule has 2 heterocycles. The van der Waals surface area contributed by atoms with Crippen molar-refractivity contribution in [1.29, 1.82) is 0 Å². The van der Waals surface area contributed by atoms with E-state index in [-0.39, 0.29) is 5.91 Å². The van der Waals surface area contributed by atoms with Crippen LogP contribution in [0.5, 0.6) is 0 Å². The number of halogens is 1. The van der Waals surface area contributed by atoms with E-state index in [4.69, 9.17) is 11.6 Å². The molecule has 6 heteroatoms. The van der Waals surface area contributed by atoms with Crippen molar-refractivity contribution in [1.82, 2.24) is 20.0 Å². The lowest BCUT2D eigenvalue weighted by atomic mass is 10.2. The molecule has 1 aliphatic heterocycles. The van der Waals surface area contributed by atoms with E-state index in [1.807, 2.05) is 0 Å². The van der Waals surface area contributed by atoms with E-state index in [0.717, 1.165) is 44.7 Å². The zero-order chi connectivity index (χ0) is 16.9. The van der Waals surface area contributed by atoms with Crippen molar-refractivity contribution in [2.24, 2.45) is 0 Å². The Bertz CT molecular complexity index is 713. The number of fused-ring (bicyclic) bond motifs is 1. The Labute approximate surface area is 147 Å². The van der Waals surface area contributed by atoms with Crippen molar-refractivity contribution in [3.8, 4) is 0 Å². The van der Waals surface area contributed by atoms with Crippen LogP contribution >= 0.6 is 11.6 Å². The molecule has 1 N–H and O–H groups in total. The average molecular weight is 347 g/mol. The number of carbonyl (C=O) groups excluding carboxylic acids is 1. The zero-order valence-corrected chi connectivity index (χ0v) is 14.7. The van der Waals surface area contributed by atoms with E-state index in [1.165, 1.54) is 5.69 Å². The first-order valence-electron chi connectivity index (χ1n) is 8.47. The van der Waals surface area contributed by atoms with E-state index in [0.29, 0.717) is 17.1 Å². The first kappa shape index (κ1) is 17.0. The highest BCUT2D eigenvalue weighted by molar-refractivity contribution is 6.30. The lowest BCUT2D eigenvalue weighted by Gasteiger charge is -2.17. The summed E-state index contributed by atoms with van der Waals surface area (Å²) in [5.41, 5.74) is 2.70. The summed E-state index contributed by atoms with van der Waals surface area (Å²) < 4.78 is 2.08. The highest BCUT2D eigenvalue weighted by Gasteiger charge is 2.16. The molecule has 128 valence electrons. The number of hydrogen-bond donors (Lipinski definition) is 1. The van der Waals surface area contributed by atoms with Crippen LogP contribution in [-0.4, -0.2) is 33.7 Å². The van der Waals surface area contributed by atoms with Gasteiger partial charge in [0.25, 0.3) is 5.91 Å². The topological polar surface area (TPSA) is 50.2 Å². The maximum Gasteiger partial charge on any atom is 0.251 e. The molecular weight excluding hydrogens is 324 g/mol. The quantitative estimate of drug-likeness (QED) is 0.905. The van der Waals surface area contributed by atoms with E-state index < -0.39 is 0 Å². The first-order valence-corrected chi connectivity index (χ1v) is 8.85. The minimum atomic E-state index is -0.131. The maximum atomic E-state index is 12.2. The second kappa shape index (κ2) is 7.81. The molecule has 24 heavy (non-hydrogen) atoms. The van der Waals surface area contributed by atoms with Crippen LogP contribution in [0.2, 0.25) is 5.02 Å². The summed E-state index contributed by atoms with van der Waals surface area (Å²) in [6, 6.07) is 9.06. The minimum absolute atomic E-state index is 0.131. The number of amides is 1. The van der Waals surface area contributed by atoms with Crippen LogP contribution in [0.1, 0.15) is 41.5 Å². The summed E-state index contributed by atoms with van der Waals surface area (Å²) in [4.78, 5) is 14.7. The van der Waals surface area contributed by atoms with Crippen LogP contribution in [0.3, 0.4) is 0 Å². The molecule has 3 rings (SSSR count). The maximum absolute atomic E-state index is 12.2. The molecule has 2 aromatic rings. The van der Waals surface area contributed by atoms with Gasteiger partial charge in [0, 0.05) is 30.2 Å². The Hall–Kier alpha value is -1.85. The molecule has 1 amide bonds. The van der Waals surface area contributed by atoms with Gasteiger partial charge in [-0.05, 0) is 43.7 Å². The molecule has 1 aromatic heterocycles. The van der Waals surface area contributed by atoms with E-state index in [9.17, 15) is 4.79 Å². The average Bonchev–Trinajstić information content (AvgIpc) is 2.85. The van der Waals surface area contributed by atoms with Crippen LogP contribution in [0.15, 0.2) is 30.3 Å². The number of aryl methyl sites for hydroxylation is 1. The van der Waals surface area contributed by atoms with Gasteiger partial charge in [-0.25, -0.2) is 0 Å². The molecule has 0 bridgehead atoms. The van der Waals surface area contributed by atoms with Gasteiger partial charge in [0.15, 0.2) is 0 Å². The third kappa shape index (κ3) is 4.16. The molecule has 0 saturated carbocycles. The van der Waals surface area contributed by atoms with Crippen LogP contribution < -0.4 is 5.32 Å². The highest BCUT2D eigenvalue weighted by atomic mass is 35.5. The third-order valence-corrected chi connectivity index (χ3v) is 4.44. The fourth-order valence-electron chi connectivity index (χ4n) is 3.08. The smallest absolute Gasteiger partial charge is 0.251 e. The number of rotatable bonds is 5. The summed E-state index contributed by atoms with van der Waals surface area (Å²) in [5, 5.41) is 8.12. The van der Waals surface area contributed by atoms with Gasteiger partial charge in [0.1, 0.15) is 0 Å². The monoisotopic (exact) mass is 346 g/mol. The van der Waals surface area contributed by atoms with Gasteiger partial charge < -0.3 is 5.32 Å². The van der Waals surface area contributed by atoms with Crippen molar-refractivity contribution in [3.63, 3.8) is 0 Å². The fraction of sp³-hybridized carbons (Fsp3) is 0.444. The summed E-state index contributed by atoms with van der Waals surface area (Å²) in [5.74, 6) is -0.131. The molecule has 0 spiro atoms. The van der Waals surface area contributed by atoms with Crippen LogP contribution in [0, 0.1) is 0 Å². The summed E-state index contributed by atoms with van der Waals surface area (Å²) in [6.45, 7) is 6.75. The van der Waals surface area contributed by atoms with Crippen molar-refractivity contribution >= 4 is 17.5 Å². The van der Waals surface area contributed by atoms with Crippen LogP contribution in [0.25, 0.3) is 0 Å². The minimum Gasteiger partial charge on any atom is -0.346 e. The molecule has 0 unspecified atom stereocenters. The molecule has 0 saturated heterocycles. The second-order valence-corrected chi connectivity index (χ2v) is 6.61. The Kier molecular flexibility index (Phi) is 5.53. The van der Waals surface area contributed by atoms with Crippen LogP contribution in [0.4, 0.5) is 0 Å². The van der Waals surface area contributed by atoms with Crippen molar-refractivity contribution in [2.75, 3.05) is 13.1 Å². The summed E-state index contributed by atoms with van der Waals surface area (Å²) in [6.07, 6.45) is 2.28. The molecule has 0 atom stereocenters. The number of aromatic nitrogens is 2. The van der Waals surface area contributed by atoms with Gasteiger partial charge >= 0.3 is 0 Å². The molecular formula is C18H23ClN4O. The van der Waals surface area contributed by atoms with Crippen LogP contribution in [-0.2, 0) is 19.6 Å². The molecule has 0 aliphatic carbocycles. The second-order valence-electron chi connectivity index (χ2n) is 6.17. The van der Waals surface area contributed by atoms with Gasteiger partial charge in [-0.1, -0.05) is 24.6 Å². The lowest BCUT2D eigenvalue weighted by Crippen LogP contribution is -2.24. The van der Waals surface area contributed by atoms with Gasteiger partial charge in [-0.15, -0.1) is 0 Å². The number of benzene rings is 1. The molecule has 1 aromatic carbocycles. The molecule has 5 nitrogen and oxygen atoms in total. The van der Waals surface area contributed by atoms with Crippen molar-refractivity contribution in [2.45, 2.75) is 39.4 Å². The predicted octanol–water partition coefficient (Wildman–Crippen LogP) is 3.08. The zero-order valence-electron chi connectivity index (χ0n) is 14.0. The highest BCUT2D eigenvalue weighted by Crippen LogP contribution is 2.15. The number of nitrogens with zero attached hydrogens (tertiary/aromatic N) is 3. The number of hydrogen-bond acceptors (Lipinski definition) is 3. The number of carbonyl (C=O) groups is 1. The van der Waals surface area contributed by atoms with Gasteiger partial charge in [-0.3, -0.25) is 14.4 Å². The third-order valence-electron chi connectivity index (χ3n) is 4.20. The van der Waals surface area contributed by atoms with E-state index >= 15 is 0 Å². The van der Waals surface area contributed by atoms with Gasteiger partial charge in [-0.2, -0.15) is 5.10 Å². The van der Waals surface area contributed by atoms with Crippen molar-refractivity contribution in [3.05, 3.63) is 52.3 Å². The molecule has 1 aliphatic rings. The summed E-state index contributed by atoms with van der Waals surface area (Å²) in [7, 11) is 0. The Morgan fingerprint density at radius 1 is 1.33 bits per heavy atom. The number of nitrogens with one attached hydrogen (secondary N) is 1. The fourth-order valence-corrected chi connectivity index (χ4v) is 3.27. The Morgan fingerprint density at radius 2 is 2.21 bits per heavy atom. The Morgan fingerprint density at radius 3 is 3.00 bits per heavy atom. The predicted molar refractivity (Wildman–Crippen MR) is 95.0 cm³/mol. The van der Waals surface area contributed by atoms with Gasteiger partial charge in [0.05, 0.1) is 17.9 Å². The summed E-state index contributed by atoms with van der Waals surface area (Å²) >= 11 is 5.93. The standard InChI is InChI=1S/C18H23ClN4O/c1-2-7-22-8-4-9-23-17(13-22)11-16(21-23)12-20-18(24)14-5-3-6-15(19)10-14/h3,5-6,10-11H,2,4,7-9,12-13H2,1H3,(H,20,24). The molecule has 0 fully saturated rings. The SMILES string of the molecule is CCCN1CCCn2nc(CNC(=O)c3cccc(Cl)c3)cc2C1. The lowest BCUT2D eigenvalue weighted by molar-refractivity contribution is 0.0950. The normalized spacial score (nSPS) is 14.9. The molecule has 0 radical (unpaired) electrons. The Balaban J connectivity index is 1.63.